The highest BCUT2D eigenvalue weighted by atomic mass is 16.5. The van der Waals surface area contributed by atoms with Crippen molar-refractivity contribution in [3.8, 4) is 0 Å². The lowest BCUT2D eigenvalue weighted by Crippen LogP contribution is -2.17. The molecule has 0 aliphatic carbocycles. The smallest absolute Gasteiger partial charge is 0.306 e. The summed E-state index contributed by atoms with van der Waals surface area (Å²) in [7, 11) is 0. The van der Waals surface area contributed by atoms with Gasteiger partial charge in [-0.15, -0.1) is 0 Å². The Labute approximate surface area is 352 Å². The third-order valence-corrected chi connectivity index (χ3v) is 12.0. The molecule has 4 nitrogen and oxygen atoms in total. The molecule has 0 aromatic rings. The molecule has 0 spiro atoms. The van der Waals surface area contributed by atoms with Crippen LogP contribution in [0.3, 0.4) is 0 Å². The van der Waals surface area contributed by atoms with Crippen molar-refractivity contribution in [1.82, 2.24) is 0 Å². The number of esters is 2. The summed E-state index contributed by atoms with van der Waals surface area (Å²) in [5.41, 5.74) is 0. The Kier molecular flexibility index (Phi) is 47.4. The maximum atomic E-state index is 12.2. The topological polar surface area (TPSA) is 52.6 Å². The van der Waals surface area contributed by atoms with Crippen LogP contribution in [0.4, 0.5) is 0 Å². The number of carbonyl (C=O) groups excluding carboxylic acids is 2. The van der Waals surface area contributed by atoms with Gasteiger partial charge in [0.05, 0.1) is 19.6 Å². The van der Waals surface area contributed by atoms with E-state index in [9.17, 15) is 9.59 Å². The lowest BCUT2D eigenvalue weighted by molar-refractivity contribution is -0.149. The maximum Gasteiger partial charge on any atom is 0.306 e. The molecule has 0 aromatic carbocycles. The molecule has 0 N–H and O–H groups in total. The van der Waals surface area contributed by atoms with Crippen LogP contribution in [0.25, 0.3) is 0 Å². The van der Waals surface area contributed by atoms with Crippen molar-refractivity contribution in [2.24, 2.45) is 5.92 Å². The molecule has 0 rings (SSSR count). The van der Waals surface area contributed by atoms with Crippen LogP contribution in [0, 0.1) is 5.92 Å². The first-order chi connectivity index (χ1) is 27.6. The third kappa shape index (κ3) is 47.3. The second kappa shape index (κ2) is 48.3. The number of hydrogen-bond donors (Lipinski definition) is 0. The van der Waals surface area contributed by atoms with E-state index in [2.05, 4.69) is 13.8 Å². The molecular formula is C52H102O4. The molecule has 1 atom stereocenters. The van der Waals surface area contributed by atoms with Crippen molar-refractivity contribution in [3.63, 3.8) is 0 Å². The number of unbranched alkanes of at least 4 members (excludes halogenated alkanes) is 40. The van der Waals surface area contributed by atoms with Gasteiger partial charge < -0.3 is 9.47 Å². The maximum absolute atomic E-state index is 12.2. The molecule has 0 amide bonds. The van der Waals surface area contributed by atoms with Crippen molar-refractivity contribution in [2.75, 3.05) is 13.2 Å². The zero-order chi connectivity index (χ0) is 40.7. The molecule has 0 aromatic heterocycles. The summed E-state index contributed by atoms with van der Waals surface area (Å²) in [5.74, 6) is -0.278. The lowest BCUT2D eigenvalue weighted by Gasteiger charge is -2.12. The molecule has 0 saturated carbocycles. The largest absolute Gasteiger partial charge is 0.466 e. The molecule has 56 heavy (non-hydrogen) atoms. The van der Waals surface area contributed by atoms with Gasteiger partial charge in [-0.05, 0) is 12.8 Å². The molecule has 0 radical (unpaired) electrons. The fourth-order valence-corrected chi connectivity index (χ4v) is 8.13. The van der Waals surface area contributed by atoms with Crippen LogP contribution in [-0.2, 0) is 19.1 Å². The Hall–Kier alpha value is -1.06. The van der Waals surface area contributed by atoms with Crippen LogP contribution in [0.15, 0.2) is 0 Å². The van der Waals surface area contributed by atoms with Gasteiger partial charge in [-0.1, -0.05) is 278 Å². The Balaban J connectivity index is 3.33. The van der Waals surface area contributed by atoms with E-state index < -0.39 is 0 Å². The summed E-state index contributed by atoms with van der Waals surface area (Å²) in [6.45, 7) is 7.38. The van der Waals surface area contributed by atoms with E-state index in [0.29, 0.717) is 26.1 Å². The summed E-state index contributed by atoms with van der Waals surface area (Å²) in [4.78, 5) is 24.4. The number of hydrogen-bond acceptors (Lipinski definition) is 4. The van der Waals surface area contributed by atoms with E-state index in [1.165, 1.54) is 244 Å². The van der Waals surface area contributed by atoms with E-state index in [1.807, 2.05) is 6.92 Å². The highest BCUT2D eigenvalue weighted by molar-refractivity contribution is 5.70. The second-order valence-corrected chi connectivity index (χ2v) is 18.1. The third-order valence-electron chi connectivity index (χ3n) is 12.0. The van der Waals surface area contributed by atoms with Crippen LogP contribution < -0.4 is 0 Å². The van der Waals surface area contributed by atoms with E-state index in [1.54, 1.807) is 0 Å². The Morgan fingerprint density at radius 1 is 0.321 bits per heavy atom. The Morgan fingerprint density at radius 3 is 0.857 bits per heavy atom. The second-order valence-electron chi connectivity index (χ2n) is 18.1. The van der Waals surface area contributed by atoms with E-state index in [4.69, 9.17) is 9.47 Å². The van der Waals surface area contributed by atoms with Crippen LogP contribution in [-0.4, -0.2) is 25.2 Å². The fraction of sp³-hybridized carbons (Fsp3) is 0.962. The number of carbonyl (C=O) groups is 2. The van der Waals surface area contributed by atoms with Crippen LogP contribution in [0.2, 0.25) is 0 Å². The van der Waals surface area contributed by atoms with Gasteiger partial charge in [0.1, 0.15) is 0 Å². The monoisotopic (exact) mass is 791 g/mol. The van der Waals surface area contributed by atoms with Gasteiger partial charge in [0.2, 0.25) is 0 Å². The van der Waals surface area contributed by atoms with E-state index >= 15 is 0 Å². The summed E-state index contributed by atoms with van der Waals surface area (Å²) >= 11 is 0. The molecule has 0 fully saturated rings. The highest BCUT2D eigenvalue weighted by Crippen LogP contribution is 2.17. The number of ether oxygens (including phenoxy) is 2. The molecule has 0 aliphatic rings. The first kappa shape index (κ1) is 54.9. The SMILES string of the molecule is CCCCCCCCCCCCCCCCCCCCCCCOC(=O)CC(C)COC(=O)CCCCCCCCCCCCCCCCCCCCCCC. The van der Waals surface area contributed by atoms with Gasteiger partial charge in [0.25, 0.3) is 0 Å². The van der Waals surface area contributed by atoms with E-state index in [-0.39, 0.29) is 17.9 Å². The Bertz CT molecular complexity index is 766. The Morgan fingerprint density at radius 2 is 0.571 bits per heavy atom. The number of rotatable bonds is 48. The zero-order valence-corrected chi connectivity index (χ0v) is 38.7. The highest BCUT2D eigenvalue weighted by Gasteiger charge is 2.13. The predicted molar refractivity (Wildman–Crippen MR) is 246 cm³/mol. The predicted octanol–water partition coefficient (Wildman–Crippen LogP) is 17.9. The molecule has 334 valence electrons. The van der Waals surface area contributed by atoms with Crippen LogP contribution in [0.1, 0.15) is 303 Å². The molecule has 0 aliphatic heterocycles. The van der Waals surface area contributed by atoms with Gasteiger partial charge in [0, 0.05) is 12.3 Å². The lowest BCUT2D eigenvalue weighted by atomic mass is 10.0. The van der Waals surface area contributed by atoms with Gasteiger partial charge in [0.15, 0.2) is 0 Å². The minimum Gasteiger partial charge on any atom is -0.466 e. The van der Waals surface area contributed by atoms with Gasteiger partial charge >= 0.3 is 11.9 Å². The average Bonchev–Trinajstić information content (AvgIpc) is 3.19. The van der Waals surface area contributed by atoms with Gasteiger partial charge in [-0.25, -0.2) is 0 Å². The summed E-state index contributed by atoms with van der Waals surface area (Å²) in [6.07, 6.45) is 58.3. The molecule has 0 saturated heterocycles. The van der Waals surface area contributed by atoms with Crippen LogP contribution in [0.5, 0.6) is 0 Å². The fourth-order valence-electron chi connectivity index (χ4n) is 8.13. The summed E-state index contributed by atoms with van der Waals surface area (Å²) in [6, 6.07) is 0. The molecule has 0 bridgehead atoms. The molecule has 4 heteroatoms. The standard InChI is InChI=1S/C52H102O4/c1-4-6-8-10-12-14-16-18-20-22-24-26-28-30-32-34-36-38-40-42-44-46-51(53)56-49-50(3)48-52(54)55-47-45-43-41-39-37-35-33-31-29-27-25-23-21-19-17-15-13-11-9-7-5-2/h50H,4-49H2,1-3H3. The minimum absolute atomic E-state index is 0.00545. The van der Waals surface area contributed by atoms with E-state index in [0.717, 1.165) is 25.7 Å². The van der Waals surface area contributed by atoms with Gasteiger partial charge in [-0.2, -0.15) is 0 Å². The molecule has 0 heterocycles. The zero-order valence-electron chi connectivity index (χ0n) is 38.7. The van der Waals surface area contributed by atoms with Crippen molar-refractivity contribution >= 4 is 11.9 Å². The first-order valence-electron chi connectivity index (χ1n) is 25.9. The normalized spacial score (nSPS) is 12.0. The van der Waals surface area contributed by atoms with Crippen molar-refractivity contribution in [1.29, 1.82) is 0 Å². The van der Waals surface area contributed by atoms with Crippen LogP contribution >= 0.6 is 0 Å². The first-order valence-corrected chi connectivity index (χ1v) is 25.9. The molecule has 1 unspecified atom stereocenters. The minimum atomic E-state index is -0.161. The van der Waals surface area contributed by atoms with Crippen molar-refractivity contribution in [3.05, 3.63) is 0 Å². The summed E-state index contributed by atoms with van der Waals surface area (Å²) in [5, 5.41) is 0. The quantitative estimate of drug-likeness (QED) is 0.0455. The van der Waals surface area contributed by atoms with Crippen molar-refractivity contribution in [2.45, 2.75) is 303 Å². The average molecular weight is 791 g/mol. The summed E-state index contributed by atoms with van der Waals surface area (Å²) < 4.78 is 10.9. The van der Waals surface area contributed by atoms with Gasteiger partial charge in [-0.3, -0.25) is 9.59 Å². The molecular weight excluding hydrogens is 689 g/mol. The van der Waals surface area contributed by atoms with Crippen molar-refractivity contribution < 1.29 is 19.1 Å².